The fourth-order valence-electron chi connectivity index (χ4n) is 0.385. The van der Waals surface area contributed by atoms with E-state index in [1.807, 2.05) is 36.4 Å². The zero-order chi connectivity index (χ0) is 13.0. The van der Waals surface area contributed by atoms with Gasteiger partial charge in [0.2, 0.25) is 0 Å². The summed E-state index contributed by atoms with van der Waals surface area (Å²) in [5.41, 5.74) is 0. The third-order valence-electron chi connectivity index (χ3n) is 0.827. The number of benzene rings is 1. The highest BCUT2D eigenvalue weighted by atomic mass is 19.3. The maximum Gasteiger partial charge on any atom is 0.503 e. The van der Waals surface area contributed by atoms with Crippen LogP contribution in [0.1, 0.15) is 0 Å². The van der Waals surface area contributed by atoms with Gasteiger partial charge in [0.15, 0.2) is 6.67 Å². The Morgan fingerprint density at radius 3 is 1.19 bits per heavy atom. The summed E-state index contributed by atoms with van der Waals surface area (Å²) in [6, 6.07) is 12.0. The molecule has 0 unspecified atom stereocenters. The number of rotatable bonds is 1. The molecule has 0 aromatic heterocycles. The van der Waals surface area contributed by atoms with Gasteiger partial charge in [-0.15, -0.1) is 0 Å². The van der Waals surface area contributed by atoms with Gasteiger partial charge >= 0.3 is 12.3 Å². The van der Waals surface area contributed by atoms with Crippen LogP contribution in [0.4, 0.5) is 18.0 Å². The fraction of sp³-hybridized carbons (Fsp3) is 0.222. The monoisotopic (exact) mass is 240 g/mol. The van der Waals surface area contributed by atoms with Crippen LogP contribution >= 0.6 is 0 Å². The number of hydrogen-bond donors (Lipinski definition) is 3. The van der Waals surface area contributed by atoms with Gasteiger partial charge in [-0.25, -0.2) is 9.18 Å². The summed E-state index contributed by atoms with van der Waals surface area (Å²) >= 11 is 0. The molecule has 0 aliphatic carbocycles. The molecule has 0 atom stereocenters. The van der Waals surface area contributed by atoms with Crippen molar-refractivity contribution < 1.29 is 33.3 Å². The molecule has 0 amide bonds. The maximum atomic E-state index is 10.6. The average Bonchev–Trinajstić information content (AvgIpc) is 2.19. The highest BCUT2D eigenvalue weighted by molar-refractivity contribution is 5.53. The summed E-state index contributed by atoms with van der Waals surface area (Å²) in [4.78, 5) is 8.56. The lowest BCUT2D eigenvalue weighted by Crippen LogP contribution is -2.15. The molecular weight excluding hydrogens is 229 g/mol. The minimum atomic E-state index is -4.12. The van der Waals surface area contributed by atoms with Gasteiger partial charge in [-0.05, 0) is 0 Å². The van der Waals surface area contributed by atoms with Gasteiger partial charge in [0.1, 0.15) is 0 Å². The van der Waals surface area contributed by atoms with Crippen LogP contribution in [0.15, 0.2) is 36.4 Å². The van der Waals surface area contributed by atoms with E-state index < -0.39 is 18.9 Å². The predicted octanol–water partition coefficient (Wildman–Crippen LogP) is 2.45. The van der Waals surface area contributed by atoms with Crippen LogP contribution in [0.2, 0.25) is 0 Å². The third kappa shape index (κ3) is 29.5. The highest BCUT2D eigenvalue weighted by Gasteiger charge is 2.22. The van der Waals surface area contributed by atoms with Crippen LogP contribution < -0.4 is 0 Å². The van der Waals surface area contributed by atoms with E-state index in [4.69, 9.17) is 20.1 Å². The van der Waals surface area contributed by atoms with E-state index >= 15 is 0 Å². The first kappa shape index (κ1) is 16.7. The number of halogens is 3. The summed E-state index contributed by atoms with van der Waals surface area (Å²) in [6.45, 7) is -2.01. The van der Waals surface area contributed by atoms with Crippen molar-refractivity contribution in [2.45, 2.75) is 6.11 Å². The summed E-state index contributed by atoms with van der Waals surface area (Å²) in [7, 11) is 0. The van der Waals surface area contributed by atoms with E-state index in [-0.39, 0.29) is 0 Å². The molecule has 4 nitrogen and oxygen atoms in total. The molecule has 0 saturated carbocycles. The number of alkyl halides is 3. The first-order valence-corrected chi connectivity index (χ1v) is 3.87. The third-order valence-corrected chi connectivity index (χ3v) is 0.827. The Morgan fingerprint density at radius 2 is 1.12 bits per heavy atom. The van der Waals surface area contributed by atoms with Crippen molar-refractivity contribution in [1.82, 2.24) is 0 Å². The summed E-state index contributed by atoms with van der Waals surface area (Å²) < 4.78 is 31.8. The number of hydrogen-bond acceptors (Lipinski definition) is 2. The van der Waals surface area contributed by atoms with E-state index in [1.165, 1.54) is 0 Å². The van der Waals surface area contributed by atoms with E-state index in [9.17, 15) is 13.2 Å². The Kier molecular flexibility index (Phi) is 10.2. The standard InChI is InChI=1S/C6H6.C2H3F3O.CH2O3/c1-2-4-6-5-3-1;3-1-2(4,5)6;2-1(3)4/h1-6H;6H,1H2;(H2,2,3,4). The molecule has 0 saturated heterocycles. The smallest absolute Gasteiger partial charge is 0.450 e. The molecule has 1 aromatic carbocycles. The molecule has 92 valence electrons. The minimum Gasteiger partial charge on any atom is -0.450 e. The van der Waals surface area contributed by atoms with Gasteiger partial charge in [-0.3, -0.25) is 0 Å². The van der Waals surface area contributed by atoms with E-state index in [0.29, 0.717) is 0 Å². The lowest BCUT2D eigenvalue weighted by atomic mass is 10.4. The molecule has 0 fully saturated rings. The molecule has 1 aromatic rings. The van der Waals surface area contributed by atoms with E-state index in [2.05, 4.69) is 0 Å². The van der Waals surface area contributed by atoms with Gasteiger partial charge in [-0.2, -0.15) is 8.78 Å². The predicted molar refractivity (Wildman–Crippen MR) is 50.2 cm³/mol. The average molecular weight is 240 g/mol. The molecular formula is C9H11F3O4. The molecule has 0 aliphatic rings. The normalized spacial score (nSPS) is 9.00. The van der Waals surface area contributed by atoms with E-state index in [1.54, 1.807) is 0 Å². The van der Waals surface area contributed by atoms with Crippen molar-refractivity contribution >= 4 is 6.16 Å². The van der Waals surface area contributed by atoms with E-state index in [0.717, 1.165) is 0 Å². The summed E-state index contributed by atoms with van der Waals surface area (Å²) in [5, 5.41) is 21.1. The van der Waals surface area contributed by atoms with Gasteiger partial charge in [0.25, 0.3) is 0 Å². The molecule has 0 bridgehead atoms. The molecule has 7 heteroatoms. The second-order valence-electron chi connectivity index (χ2n) is 2.24. The summed E-state index contributed by atoms with van der Waals surface area (Å²) in [5.74, 6) is 0. The Labute approximate surface area is 89.6 Å². The van der Waals surface area contributed by atoms with Gasteiger partial charge in [0, 0.05) is 0 Å². The van der Waals surface area contributed by atoms with Crippen LogP contribution in [0.5, 0.6) is 0 Å². The Bertz CT molecular complexity index is 230. The zero-order valence-electron chi connectivity index (χ0n) is 8.05. The molecule has 3 N–H and O–H groups in total. The lowest BCUT2D eigenvalue weighted by Gasteiger charge is -1.97. The molecule has 1 rings (SSSR count). The molecule has 0 heterocycles. The summed E-state index contributed by atoms with van der Waals surface area (Å²) in [6.07, 6.45) is -5.96. The molecule has 0 aliphatic heterocycles. The first-order chi connectivity index (χ1) is 7.29. The SMILES string of the molecule is O=C(O)O.OC(F)(F)CF.c1ccccc1. The molecule has 0 spiro atoms. The minimum absolute atomic E-state index is 1.83. The van der Waals surface area contributed by atoms with Crippen molar-refractivity contribution in [2.24, 2.45) is 0 Å². The quantitative estimate of drug-likeness (QED) is 0.704. The second-order valence-corrected chi connectivity index (χ2v) is 2.24. The largest absolute Gasteiger partial charge is 0.503 e. The molecule has 16 heavy (non-hydrogen) atoms. The fourth-order valence-corrected chi connectivity index (χ4v) is 0.385. The van der Waals surface area contributed by atoms with Gasteiger partial charge in [0.05, 0.1) is 0 Å². The van der Waals surface area contributed by atoms with Crippen molar-refractivity contribution in [3.05, 3.63) is 36.4 Å². The Morgan fingerprint density at radius 1 is 1.00 bits per heavy atom. The zero-order valence-corrected chi connectivity index (χ0v) is 8.05. The van der Waals surface area contributed by atoms with Crippen LogP contribution in [0.3, 0.4) is 0 Å². The second kappa shape index (κ2) is 9.78. The van der Waals surface area contributed by atoms with Crippen molar-refractivity contribution in [3.8, 4) is 0 Å². The van der Waals surface area contributed by atoms with Crippen molar-refractivity contribution in [2.75, 3.05) is 6.67 Å². The first-order valence-electron chi connectivity index (χ1n) is 3.87. The van der Waals surface area contributed by atoms with Crippen LogP contribution in [0, 0.1) is 0 Å². The van der Waals surface area contributed by atoms with Crippen LogP contribution in [-0.4, -0.2) is 34.3 Å². The van der Waals surface area contributed by atoms with Gasteiger partial charge in [-0.1, -0.05) is 36.4 Å². The van der Waals surface area contributed by atoms with Crippen molar-refractivity contribution in [1.29, 1.82) is 0 Å². The Hall–Kier alpha value is -1.76. The van der Waals surface area contributed by atoms with Crippen molar-refractivity contribution in [3.63, 3.8) is 0 Å². The van der Waals surface area contributed by atoms with Crippen LogP contribution in [0.25, 0.3) is 0 Å². The topological polar surface area (TPSA) is 77.8 Å². The lowest BCUT2D eigenvalue weighted by molar-refractivity contribution is -0.208. The Balaban J connectivity index is 0. The number of aliphatic hydroxyl groups is 1. The maximum absolute atomic E-state index is 10.6. The van der Waals surface area contributed by atoms with Crippen LogP contribution in [-0.2, 0) is 0 Å². The number of carboxylic acid groups (broad SMARTS) is 2. The van der Waals surface area contributed by atoms with Gasteiger partial charge < -0.3 is 15.3 Å². The highest BCUT2D eigenvalue weighted by Crippen LogP contribution is 2.06. The molecule has 0 radical (unpaired) electrons. The number of carbonyl (C=O) groups is 1.